The molecule has 14 heavy (non-hydrogen) atoms. The third kappa shape index (κ3) is 2.26. The van der Waals surface area contributed by atoms with Crippen LogP contribution in [-0.4, -0.2) is 32.5 Å². The van der Waals surface area contributed by atoms with Crippen molar-refractivity contribution in [3.05, 3.63) is 12.3 Å². The molecule has 0 bridgehead atoms. The van der Waals surface area contributed by atoms with Crippen molar-refractivity contribution in [2.45, 2.75) is 0 Å². The van der Waals surface area contributed by atoms with E-state index in [9.17, 15) is 4.57 Å². The van der Waals surface area contributed by atoms with Gasteiger partial charge in [0.1, 0.15) is 18.3 Å². The summed E-state index contributed by atoms with van der Waals surface area (Å²) in [5.74, 6) is 0.668. The highest BCUT2D eigenvalue weighted by molar-refractivity contribution is 7.69. The molecule has 0 saturated heterocycles. The molecular weight excluding hydrogens is 199 g/mol. The molecule has 5 heteroatoms. The van der Waals surface area contributed by atoms with E-state index in [4.69, 9.17) is 4.74 Å². The summed E-state index contributed by atoms with van der Waals surface area (Å²) in [6, 6.07) is 1.71. The van der Waals surface area contributed by atoms with Gasteiger partial charge in [0.05, 0.1) is 19.0 Å². The molecule has 0 atom stereocenters. The summed E-state index contributed by atoms with van der Waals surface area (Å²) in [7, 11) is 1.06. The smallest absolute Gasteiger partial charge is 0.145 e. The van der Waals surface area contributed by atoms with Gasteiger partial charge in [-0.05, 0) is 13.3 Å². The first-order valence-electron chi connectivity index (χ1n) is 4.26. The van der Waals surface area contributed by atoms with Crippen LogP contribution in [0.15, 0.2) is 12.3 Å². The summed E-state index contributed by atoms with van der Waals surface area (Å²) < 4.78 is 16.9. The van der Waals surface area contributed by atoms with Crippen molar-refractivity contribution in [3.63, 3.8) is 0 Å². The van der Waals surface area contributed by atoms with Crippen LogP contribution in [0.5, 0.6) is 5.75 Å². The molecule has 1 N–H and O–H groups in total. The minimum Gasteiger partial charge on any atom is -0.494 e. The fourth-order valence-electron chi connectivity index (χ4n) is 1.08. The Morgan fingerprint density at radius 2 is 2.14 bits per heavy atom. The number of rotatable bonds is 3. The van der Waals surface area contributed by atoms with E-state index in [2.05, 4.69) is 10.3 Å². The Labute approximate surface area is 84.1 Å². The number of methoxy groups -OCH3 is 1. The van der Waals surface area contributed by atoms with Crippen LogP contribution in [0, 0.1) is 0 Å². The maximum absolute atomic E-state index is 11.7. The van der Waals surface area contributed by atoms with Crippen molar-refractivity contribution < 1.29 is 9.30 Å². The van der Waals surface area contributed by atoms with Gasteiger partial charge in [-0.1, -0.05) is 0 Å². The van der Waals surface area contributed by atoms with Crippen LogP contribution in [0.25, 0.3) is 0 Å². The average Bonchev–Trinajstić information content (AvgIpc) is 2.15. The van der Waals surface area contributed by atoms with Gasteiger partial charge in [0.2, 0.25) is 0 Å². The van der Waals surface area contributed by atoms with Crippen LogP contribution in [-0.2, 0) is 4.57 Å². The van der Waals surface area contributed by atoms with E-state index in [0.29, 0.717) is 11.2 Å². The molecule has 0 radical (unpaired) electrons. The van der Waals surface area contributed by atoms with Gasteiger partial charge in [-0.25, -0.2) is 0 Å². The first-order chi connectivity index (χ1) is 6.49. The lowest BCUT2D eigenvalue weighted by Gasteiger charge is -2.11. The van der Waals surface area contributed by atoms with Crippen molar-refractivity contribution >= 4 is 18.3 Å². The zero-order chi connectivity index (χ0) is 10.8. The number of ether oxygens (including phenoxy) is 1. The molecule has 78 valence electrons. The van der Waals surface area contributed by atoms with E-state index in [1.165, 1.54) is 0 Å². The minimum atomic E-state index is -2.31. The Morgan fingerprint density at radius 1 is 1.50 bits per heavy atom. The van der Waals surface area contributed by atoms with E-state index in [-0.39, 0.29) is 0 Å². The number of hydrogen-bond donors (Lipinski definition) is 1. The van der Waals surface area contributed by atoms with Gasteiger partial charge in [0.25, 0.3) is 0 Å². The number of aromatic nitrogens is 1. The molecule has 1 aromatic rings. The predicted molar refractivity (Wildman–Crippen MR) is 59.4 cm³/mol. The third-order valence-corrected chi connectivity index (χ3v) is 3.24. The van der Waals surface area contributed by atoms with E-state index in [0.717, 1.165) is 5.69 Å². The summed E-state index contributed by atoms with van der Waals surface area (Å²) in [5.41, 5.74) is 1.39. The topological polar surface area (TPSA) is 51.2 Å². The Morgan fingerprint density at radius 3 is 2.57 bits per heavy atom. The van der Waals surface area contributed by atoms with Gasteiger partial charge in [0.15, 0.2) is 0 Å². The standard InChI is InChI=1S/C9H15N2O2P/c1-10-7-6-11-9(14(3,4)12)5-8(7)13-2/h5-6,10H,1-4H3. The molecule has 0 spiro atoms. The van der Waals surface area contributed by atoms with Crippen LogP contribution in [0.3, 0.4) is 0 Å². The molecular formula is C9H15N2O2P. The van der Waals surface area contributed by atoms with Crippen LogP contribution >= 0.6 is 7.14 Å². The molecule has 0 saturated carbocycles. The molecule has 1 rings (SSSR count). The zero-order valence-corrected chi connectivity index (χ0v) is 9.76. The van der Waals surface area contributed by atoms with E-state index in [1.807, 2.05) is 0 Å². The van der Waals surface area contributed by atoms with Crippen molar-refractivity contribution in [1.82, 2.24) is 4.98 Å². The number of nitrogens with zero attached hydrogens (tertiary/aromatic N) is 1. The van der Waals surface area contributed by atoms with Crippen molar-refractivity contribution in [2.75, 3.05) is 32.8 Å². The third-order valence-electron chi connectivity index (χ3n) is 1.89. The number of anilines is 1. The first kappa shape index (κ1) is 11.1. The quantitative estimate of drug-likeness (QED) is 0.772. The molecule has 0 aliphatic carbocycles. The Hall–Kier alpha value is -1.02. The number of pyridine rings is 1. The second kappa shape index (κ2) is 4.01. The van der Waals surface area contributed by atoms with Crippen molar-refractivity contribution in [2.24, 2.45) is 0 Å². The van der Waals surface area contributed by atoms with Gasteiger partial charge in [-0.15, -0.1) is 0 Å². The number of hydrogen-bond acceptors (Lipinski definition) is 4. The molecule has 1 heterocycles. The molecule has 0 aliphatic heterocycles. The maximum Gasteiger partial charge on any atom is 0.145 e. The molecule has 0 aliphatic rings. The average molecular weight is 214 g/mol. The molecule has 0 unspecified atom stereocenters. The van der Waals surface area contributed by atoms with Gasteiger partial charge in [0, 0.05) is 13.1 Å². The Bertz CT molecular complexity index is 373. The summed E-state index contributed by atoms with van der Waals surface area (Å²) in [6.45, 7) is 3.38. The molecule has 0 fully saturated rings. The summed E-state index contributed by atoms with van der Waals surface area (Å²) in [5, 5.41) is 2.95. The van der Waals surface area contributed by atoms with Crippen LogP contribution in [0.4, 0.5) is 5.69 Å². The molecule has 1 aromatic heterocycles. The van der Waals surface area contributed by atoms with E-state index < -0.39 is 7.14 Å². The monoisotopic (exact) mass is 214 g/mol. The maximum atomic E-state index is 11.7. The lowest BCUT2D eigenvalue weighted by atomic mass is 10.4. The number of nitrogens with one attached hydrogen (secondary N) is 1. The predicted octanol–water partition coefficient (Wildman–Crippen LogP) is 1.38. The summed E-state index contributed by atoms with van der Waals surface area (Å²) in [6.07, 6.45) is 1.63. The largest absolute Gasteiger partial charge is 0.494 e. The lowest BCUT2D eigenvalue weighted by Crippen LogP contribution is -2.09. The summed E-state index contributed by atoms with van der Waals surface area (Å²) >= 11 is 0. The Balaban J connectivity index is 3.21. The van der Waals surface area contributed by atoms with Gasteiger partial charge in [-0.3, -0.25) is 4.98 Å². The van der Waals surface area contributed by atoms with E-state index in [1.54, 1.807) is 39.8 Å². The van der Waals surface area contributed by atoms with E-state index >= 15 is 0 Å². The minimum absolute atomic E-state index is 0.591. The van der Waals surface area contributed by atoms with Crippen LogP contribution in [0.2, 0.25) is 0 Å². The Kier molecular flexibility index (Phi) is 3.17. The molecule has 4 nitrogen and oxygen atoms in total. The normalized spacial score (nSPS) is 11.1. The van der Waals surface area contributed by atoms with Crippen molar-refractivity contribution in [3.8, 4) is 5.75 Å². The highest BCUT2D eigenvalue weighted by atomic mass is 31.2. The highest BCUT2D eigenvalue weighted by Crippen LogP contribution is 2.35. The van der Waals surface area contributed by atoms with Gasteiger partial charge in [-0.2, -0.15) is 0 Å². The molecule has 0 amide bonds. The van der Waals surface area contributed by atoms with Crippen molar-refractivity contribution in [1.29, 1.82) is 0 Å². The highest BCUT2D eigenvalue weighted by Gasteiger charge is 2.15. The first-order valence-corrected chi connectivity index (χ1v) is 6.86. The fourth-order valence-corrected chi connectivity index (χ4v) is 1.84. The SMILES string of the molecule is CNc1cnc(P(C)(C)=O)cc1OC. The lowest BCUT2D eigenvalue weighted by molar-refractivity contribution is 0.416. The van der Waals surface area contributed by atoms with Crippen LogP contribution < -0.4 is 15.5 Å². The second-order valence-corrected chi connectivity index (χ2v) is 6.50. The zero-order valence-electron chi connectivity index (χ0n) is 8.87. The summed E-state index contributed by atoms with van der Waals surface area (Å²) in [4.78, 5) is 4.12. The molecule has 0 aromatic carbocycles. The second-order valence-electron chi connectivity index (χ2n) is 3.34. The van der Waals surface area contributed by atoms with Gasteiger partial charge >= 0.3 is 0 Å². The van der Waals surface area contributed by atoms with Gasteiger partial charge < -0.3 is 14.6 Å². The van der Waals surface area contributed by atoms with Crippen LogP contribution in [0.1, 0.15) is 0 Å². The fraction of sp³-hybridized carbons (Fsp3) is 0.444.